The van der Waals surface area contributed by atoms with E-state index in [9.17, 15) is 20.0 Å². The molecule has 0 heterocycles. The molecule has 0 aromatic heterocycles. The van der Waals surface area contributed by atoms with Crippen LogP contribution < -0.4 is 0 Å². The summed E-state index contributed by atoms with van der Waals surface area (Å²) >= 11 is 0. The smallest absolute Gasteiger partial charge is 0.269 e. The van der Waals surface area contributed by atoms with Gasteiger partial charge in [-0.15, -0.1) is 0 Å². The maximum Gasteiger partial charge on any atom is 0.269 e. The molecule has 2 atom stereocenters. The first-order valence-corrected chi connectivity index (χ1v) is 12.3. The first kappa shape index (κ1) is 23.5. The van der Waals surface area contributed by atoms with E-state index in [2.05, 4.69) is 33.9 Å². The Kier molecular flexibility index (Phi) is 7.89. The van der Waals surface area contributed by atoms with Crippen LogP contribution in [-0.2, 0) is 9.22 Å². The lowest BCUT2D eigenvalue weighted by atomic mass is 9.97. The fraction of sp³-hybridized carbons (Fsp3) is 0.650. The van der Waals surface area contributed by atoms with Crippen LogP contribution in [0.25, 0.3) is 0 Å². The number of nitro groups is 1. The number of nitro benzene ring substituents is 1. The monoisotopic (exact) mass is 395 g/mol. The number of nitrogens with zero attached hydrogens (tertiary/aromatic N) is 1. The molecule has 1 aromatic carbocycles. The van der Waals surface area contributed by atoms with Crippen LogP contribution >= 0.6 is 0 Å². The summed E-state index contributed by atoms with van der Waals surface area (Å²) in [6, 6.07) is 6.18. The number of hydrogen-bond donors (Lipinski definition) is 1. The molecule has 1 rings (SSSR count). The van der Waals surface area contributed by atoms with Gasteiger partial charge in [0.05, 0.1) is 17.1 Å². The fourth-order valence-electron chi connectivity index (χ4n) is 2.33. The van der Waals surface area contributed by atoms with E-state index in [0.29, 0.717) is 0 Å². The zero-order valence-corrected chi connectivity index (χ0v) is 18.5. The highest BCUT2D eigenvalue weighted by Crippen LogP contribution is 2.41. The molecule has 0 unspecified atom stereocenters. The average molecular weight is 396 g/mol. The summed E-state index contributed by atoms with van der Waals surface area (Å²) in [5, 5.41) is 20.9. The van der Waals surface area contributed by atoms with Crippen molar-refractivity contribution in [2.24, 2.45) is 5.92 Å². The molecule has 0 aliphatic rings. The van der Waals surface area contributed by atoms with Crippen LogP contribution in [0.5, 0.6) is 0 Å². The highest BCUT2D eigenvalue weighted by Gasteiger charge is 2.40. The predicted molar refractivity (Wildman–Crippen MR) is 109 cm³/mol. The van der Waals surface area contributed by atoms with E-state index in [4.69, 9.17) is 4.43 Å². The number of aliphatic hydroxyl groups is 1. The molecular weight excluding hydrogens is 362 g/mol. The third kappa shape index (κ3) is 6.83. The van der Waals surface area contributed by atoms with Gasteiger partial charge < -0.3 is 9.53 Å². The van der Waals surface area contributed by atoms with Crippen molar-refractivity contribution in [2.45, 2.75) is 77.8 Å². The SMILES string of the molecule is CC(C)[C@H](O)CC(=O)C[C@H](O[Si](C)(C)C(C)(C)C)c1ccc([N+](=O)[O-])cc1. The summed E-state index contributed by atoms with van der Waals surface area (Å²) in [5.74, 6) is -0.0636. The van der Waals surface area contributed by atoms with Gasteiger partial charge in [0.15, 0.2) is 8.32 Å². The molecule has 0 aliphatic carbocycles. The lowest BCUT2D eigenvalue weighted by Gasteiger charge is -2.39. The standard InChI is InChI=1S/C20H33NO5Si/c1-14(2)18(23)12-17(22)13-19(26-27(6,7)20(3,4)5)15-8-10-16(11-9-15)21(24)25/h8-11,14,18-19,23H,12-13H2,1-7H3/t18-,19+/m1/s1. The third-order valence-electron chi connectivity index (χ3n) is 5.34. The van der Waals surface area contributed by atoms with Gasteiger partial charge in [0.2, 0.25) is 0 Å². The number of hydrogen-bond acceptors (Lipinski definition) is 5. The Labute approximate surface area is 163 Å². The fourth-order valence-corrected chi connectivity index (χ4v) is 3.61. The quantitative estimate of drug-likeness (QED) is 0.360. The molecule has 1 aromatic rings. The normalized spacial score (nSPS) is 14.9. The molecule has 0 saturated carbocycles. The first-order chi connectivity index (χ1) is 12.2. The predicted octanol–water partition coefficient (Wildman–Crippen LogP) is 5.02. The van der Waals surface area contributed by atoms with Crippen molar-refractivity contribution >= 4 is 19.8 Å². The van der Waals surface area contributed by atoms with Gasteiger partial charge in [0.25, 0.3) is 5.69 Å². The van der Waals surface area contributed by atoms with Gasteiger partial charge in [-0.05, 0) is 41.7 Å². The van der Waals surface area contributed by atoms with E-state index < -0.39 is 25.4 Å². The highest BCUT2D eigenvalue weighted by atomic mass is 28.4. The van der Waals surface area contributed by atoms with Gasteiger partial charge in [0, 0.05) is 25.0 Å². The largest absolute Gasteiger partial charge is 0.409 e. The Hall–Kier alpha value is -1.57. The summed E-state index contributed by atoms with van der Waals surface area (Å²) in [7, 11) is -2.16. The number of rotatable bonds is 9. The number of aliphatic hydroxyl groups excluding tert-OH is 1. The van der Waals surface area contributed by atoms with Crippen LogP contribution in [0, 0.1) is 16.0 Å². The number of carbonyl (C=O) groups excluding carboxylic acids is 1. The summed E-state index contributed by atoms with van der Waals surface area (Å²) in [5.41, 5.74) is 0.754. The van der Waals surface area contributed by atoms with Gasteiger partial charge in [-0.25, -0.2) is 0 Å². The van der Waals surface area contributed by atoms with Crippen LogP contribution in [0.4, 0.5) is 5.69 Å². The molecule has 27 heavy (non-hydrogen) atoms. The second-order valence-electron chi connectivity index (χ2n) is 8.97. The third-order valence-corrected chi connectivity index (χ3v) is 9.82. The van der Waals surface area contributed by atoms with Crippen molar-refractivity contribution in [3.8, 4) is 0 Å². The summed E-state index contributed by atoms with van der Waals surface area (Å²) < 4.78 is 6.47. The molecule has 7 heteroatoms. The molecule has 0 radical (unpaired) electrons. The van der Waals surface area contributed by atoms with E-state index >= 15 is 0 Å². The van der Waals surface area contributed by atoms with E-state index in [1.54, 1.807) is 12.1 Å². The molecule has 0 aliphatic heterocycles. The Morgan fingerprint density at radius 3 is 2.11 bits per heavy atom. The van der Waals surface area contributed by atoms with Gasteiger partial charge >= 0.3 is 0 Å². The Morgan fingerprint density at radius 2 is 1.70 bits per heavy atom. The van der Waals surface area contributed by atoms with Gasteiger partial charge in [-0.2, -0.15) is 0 Å². The van der Waals surface area contributed by atoms with Crippen molar-refractivity contribution in [1.82, 2.24) is 0 Å². The van der Waals surface area contributed by atoms with Crippen LogP contribution in [0.15, 0.2) is 24.3 Å². The number of non-ortho nitro benzene ring substituents is 1. The van der Waals surface area contributed by atoms with Crippen molar-refractivity contribution in [3.05, 3.63) is 39.9 Å². The van der Waals surface area contributed by atoms with Gasteiger partial charge in [0.1, 0.15) is 5.78 Å². The zero-order chi connectivity index (χ0) is 21.0. The number of ketones is 1. The van der Waals surface area contributed by atoms with Gasteiger partial charge in [-0.3, -0.25) is 14.9 Å². The minimum absolute atomic E-state index is 0.00591. The molecule has 0 fully saturated rings. The molecule has 0 spiro atoms. The molecule has 0 amide bonds. The Balaban J connectivity index is 3.09. The van der Waals surface area contributed by atoms with E-state index in [0.717, 1.165) is 5.56 Å². The average Bonchev–Trinajstić information content (AvgIpc) is 2.52. The summed E-state index contributed by atoms with van der Waals surface area (Å²) in [6.07, 6.45) is -0.919. The molecule has 6 nitrogen and oxygen atoms in total. The highest BCUT2D eigenvalue weighted by molar-refractivity contribution is 6.74. The van der Waals surface area contributed by atoms with Crippen molar-refractivity contribution < 1.29 is 19.3 Å². The van der Waals surface area contributed by atoms with Crippen molar-refractivity contribution in [3.63, 3.8) is 0 Å². The molecule has 1 N–H and O–H groups in total. The maximum atomic E-state index is 12.5. The molecule has 0 saturated heterocycles. The summed E-state index contributed by atoms with van der Waals surface area (Å²) in [4.78, 5) is 23.0. The maximum absolute atomic E-state index is 12.5. The summed E-state index contributed by atoms with van der Waals surface area (Å²) in [6.45, 7) is 14.3. The molecular formula is C20H33NO5Si. The van der Waals surface area contributed by atoms with Crippen LogP contribution in [0.1, 0.15) is 59.1 Å². The van der Waals surface area contributed by atoms with Crippen molar-refractivity contribution in [2.75, 3.05) is 0 Å². The van der Waals surface area contributed by atoms with Crippen LogP contribution in [-0.4, -0.2) is 30.2 Å². The topological polar surface area (TPSA) is 89.7 Å². The number of benzene rings is 1. The van der Waals surface area contributed by atoms with Crippen molar-refractivity contribution in [1.29, 1.82) is 0 Å². The molecule has 152 valence electrons. The van der Waals surface area contributed by atoms with E-state index in [-0.39, 0.29) is 35.3 Å². The second-order valence-corrected chi connectivity index (χ2v) is 13.7. The number of Topliss-reactive ketones (excluding diaryl/α,β-unsaturated/α-hetero) is 1. The minimum Gasteiger partial charge on any atom is -0.409 e. The lowest BCUT2D eigenvalue weighted by molar-refractivity contribution is -0.384. The second kappa shape index (κ2) is 9.08. The Bertz CT molecular complexity index is 649. The molecule has 0 bridgehead atoms. The van der Waals surface area contributed by atoms with E-state index in [1.807, 2.05) is 13.8 Å². The first-order valence-electron chi connectivity index (χ1n) is 9.36. The van der Waals surface area contributed by atoms with E-state index in [1.165, 1.54) is 12.1 Å². The van der Waals surface area contributed by atoms with Crippen LogP contribution in [0.3, 0.4) is 0 Å². The minimum atomic E-state index is -2.16. The lowest BCUT2D eigenvalue weighted by Crippen LogP contribution is -2.42. The van der Waals surface area contributed by atoms with Gasteiger partial charge in [-0.1, -0.05) is 34.6 Å². The Morgan fingerprint density at radius 1 is 1.19 bits per heavy atom. The zero-order valence-electron chi connectivity index (χ0n) is 17.5. The van der Waals surface area contributed by atoms with Crippen LogP contribution in [0.2, 0.25) is 18.1 Å². The number of carbonyl (C=O) groups is 1.